The molecule has 1 aliphatic carbocycles. The molecule has 0 heterocycles. The average Bonchev–Trinajstić information content (AvgIpc) is 2.54. The third kappa shape index (κ3) is 1.98. The van der Waals surface area contributed by atoms with Gasteiger partial charge in [-0.2, -0.15) is 0 Å². The van der Waals surface area contributed by atoms with Crippen LogP contribution in [0.2, 0.25) is 0 Å². The maximum atomic E-state index is 2.26. The van der Waals surface area contributed by atoms with E-state index in [9.17, 15) is 0 Å². The van der Waals surface area contributed by atoms with Crippen molar-refractivity contribution in [3.8, 4) is 0 Å². The lowest BCUT2D eigenvalue weighted by Crippen LogP contribution is -2.08. The molecule has 0 amide bonds. The van der Waals surface area contributed by atoms with E-state index in [0.717, 1.165) is 0 Å². The van der Waals surface area contributed by atoms with Crippen LogP contribution in [0.4, 0.5) is 5.69 Å². The van der Waals surface area contributed by atoms with Crippen LogP contribution in [0.3, 0.4) is 0 Å². The van der Waals surface area contributed by atoms with Crippen LogP contribution in [0.1, 0.15) is 39.2 Å². The lowest BCUT2D eigenvalue weighted by molar-refractivity contribution is 0.934. The SMILES string of the molecule is CC1=C(C)C(c2ccc(N(C)C)cc2)C(C)=C1C. The Balaban J connectivity index is 2.39. The van der Waals surface area contributed by atoms with Crippen LogP contribution in [0, 0.1) is 0 Å². The Bertz CT molecular complexity index is 491. The molecular weight excluding hydrogens is 218 g/mol. The summed E-state index contributed by atoms with van der Waals surface area (Å²) in [6, 6.07) is 8.94. The summed E-state index contributed by atoms with van der Waals surface area (Å²) in [4.78, 5) is 2.14. The maximum absolute atomic E-state index is 2.26. The largest absolute Gasteiger partial charge is 0.378 e. The van der Waals surface area contributed by atoms with E-state index < -0.39 is 0 Å². The standard InChI is InChI=1S/C17H23N/c1-11-12(2)14(4)17(13(11)3)15-7-9-16(10-8-15)18(5)6/h7-10,17H,1-6H3. The Morgan fingerprint density at radius 2 is 1.22 bits per heavy atom. The highest BCUT2D eigenvalue weighted by Crippen LogP contribution is 2.43. The van der Waals surface area contributed by atoms with E-state index in [2.05, 4.69) is 71.0 Å². The first-order valence-corrected chi connectivity index (χ1v) is 6.56. The summed E-state index contributed by atoms with van der Waals surface area (Å²) in [5, 5.41) is 0. The van der Waals surface area contributed by atoms with E-state index in [1.54, 1.807) is 0 Å². The molecule has 0 radical (unpaired) electrons. The number of benzene rings is 1. The first kappa shape index (κ1) is 12.9. The van der Waals surface area contributed by atoms with Crippen LogP contribution in [0.25, 0.3) is 0 Å². The van der Waals surface area contributed by atoms with Crippen molar-refractivity contribution in [3.05, 3.63) is 52.1 Å². The minimum atomic E-state index is 0.487. The molecule has 0 aliphatic heterocycles. The molecule has 0 spiro atoms. The first-order chi connectivity index (χ1) is 8.43. The minimum absolute atomic E-state index is 0.487. The van der Waals surface area contributed by atoms with E-state index in [0.29, 0.717) is 5.92 Å². The zero-order chi connectivity index (χ0) is 13.4. The van der Waals surface area contributed by atoms with Crippen LogP contribution in [0.15, 0.2) is 46.6 Å². The van der Waals surface area contributed by atoms with Gasteiger partial charge in [0.05, 0.1) is 0 Å². The maximum Gasteiger partial charge on any atom is 0.0361 e. The Labute approximate surface area is 111 Å². The fraction of sp³-hybridized carbons (Fsp3) is 0.412. The molecule has 1 aromatic carbocycles. The number of hydrogen-bond donors (Lipinski definition) is 0. The van der Waals surface area contributed by atoms with E-state index >= 15 is 0 Å². The van der Waals surface area contributed by atoms with Gasteiger partial charge in [-0.25, -0.2) is 0 Å². The summed E-state index contributed by atoms with van der Waals surface area (Å²) in [7, 11) is 4.16. The summed E-state index contributed by atoms with van der Waals surface area (Å²) < 4.78 is 0. The van der Waals surface area contributed by atoms with Gasteiger partial charge >= 0.3 is 0 Å². The van der Waals surface area contributed by atoms with Crippen molar-refractivity contribution in [3.63, 3.8) is 0 Å². The molecule has 1 heteroatoms. The molecule has 0 atom stereocenters. The Morgan fingerprint density at radius 3 is 1.61 bits per heavy atom. The number of anilines is 1. The normalized spacial score (nSPS) is 16.8. The zero-order valence-electron chi connectivity index (χ0n) is 12.3. The van der Waals surface area contributed by atoms with Gasteiger partial charge in [-0.15, -0.1) is 0 Å². The van der Waals surface area contributed by atoms with E-state index in [4.69, 9.17) is 0 Å². The average molecular weight is 241 g/mol. The summed E-state index contributed by atoms with van der Waals surface area (Å²) >= 11 is 0. The monoisotopic (exact) mass is 241 g/mol. The van der Waals surface area contributed by atoms with Crippen LogP contribution in [-0.2, 0) is 0 Å². The zero-order valence-corrected chi connectivity index (χ0v) is 12.3. The summed E-state index contributed by atoms with van der Waals surface area (Å²) in [5.41, 5.74) is 8.61. The molecule has 1 nitrogen and oxygen atoms in total. The molecule has 96 valence electrons. The van der Waals surface area contributed by atoms with Gasteiger partial charge in [-0.1, -0.05) is 23.3 Å². The highest BCUT2D eigenvalue weighted by Gasteiger charge is 2.25. The van der Waals surface area contributed by atoms with Crippen molar-refractivity contribution in [2.75, 3.05) is 19.0 Å². The Hall–Kier alpha value is -1.50. The predicted octanol–water partition coefficient (Wildman–Crippen LogP) is 4.52. The van der Waals surface area contributed by atoms with Gasteiger partial charge in [0.25, 0.3) is 0 Å². The Kier molecular flexibility index (Phi) is 3.34. The molecule has 0 saturated carbocycles. The highest BCUT2D eigenvalue weighted by molar-refractivity contribution is 5.55. The highest BCUT2D eigenvalue weighted by atomic mass is 15.1. The van der Waals surface area contributed by atoms with Gasteiger partial charge in [0, 0.05) is 25.7 Å². The number of hydrogen-bond acceptors (Lipinski definition) is 1. The van der Waals surface area contributed by atoms with Crippen LogP contribution in [0.5, 0.6) is 0 Å². The minimum Gasteiger partial charge on any atom is -0.378 e. The predicted molar refractivity (Wildman–Crippen MR) is 80.3 cm³/mol. The molecule has 18 heavy (non-hydrogen) atoms. The third-order valence-electron chi connectivity index (χ3n) is 4.35. The lowest BCUT2D eigenvalue weighted by Gasteiger charge is -2.18. The van der Waals surface area contributed by atoms with Crippen molar-refractivity contribution >= 4 is 5.69 Å². The molecular formula is C17H23N. The second-order valence-corrected chi connectivity index (χ2v) is 5.53. The Morgan fingerprint density at radius 1 is 0.778 bits per heavy atom. The quantitative estimate of drug-likeness (QED) is 0.735. The second kappa shape index (κ2) is 4.64. The lowest BCUT2D eigenvalue weighted by atomic mass is 9.89. The summed E-state index contributed by atoms with van der Waals surface area (Å²) in [6.07, 6.45) is 0. The summed E-state index contributed by atoms with van der Waals surface area (Å²) in [6.45, 7) is 9.00. The van der Waals surface area contributed by atoms with E-state index in [-0.39, 0.29) is 0 Å². The van der Waals surface area contributed by atoms with Crippen molar-refractivity contribution in [2.45, 2.75) is 33.6 Å². The molecule has 0 saturated heterocycles. The van der Waals surface area contributed by atoms with Gasteiger partial charge in [-0.05, 0) is 56.5 Å². The molecule has 0 aromatic heterocycles. The third-order valence-corrected chi connectivity index (χ3v) is 4.35. The fourth-order valence-corrected chi connectivity index (χ4v) is 2.81. The number of allylic oxidation sites excluding steroid dienone is 4. The van der Waals surface area contributed by atoms with E-state index in [1.165, 1.54) is 33.5 Å². The molecule has 0 N–H and O–H groups in total. The van der Waals surface area contributed by atoms with Crippen LogP contribution >= 0.6 is 0 Å². The first-order valence-electron chi connectivity index (χ1n) is 6.56. The molecule has 0 unspecified atom stereocenters. The molecule has 1 aromatic rings. The van der Waals surface area contributed by atoms with E-state index in [1.807, 2.05) is 0 Å². The van der Waals surface area contributed by atoms with Crippen molar-refractivity contribution < 1.29 is 0 Å². The number of rotatable bonds is 2. The molecule has 1 aliphatic rings. The number of nitrogens with zero attached hydrogens (tertiary/aromatic N) is 1. The summed E-state index contributed by atoms with van der Waals surface area (Å²) in [5.74, 6) is 0.487. The van der Waals surface area contributed by atoms with Gasteiger partial charge in [0.2, 0.25) is 0 Å². The van der Waals surface area contributed by atoms with Gasteiger partial charge in [0.15, 0.2) is 0 Å². The van der Waals surface area contributed by atoms with Crippen molar-refractivity contribution in [1.29, 1.82) is 0 Å². The van der Waals surface area contributed by atoms with Gasteiger partial charge < -0.3 is 4.90 Å². The van der Waals surface area contributed by atoms with Gasteiger partial charge in [0.1, 0.15) is 0 Å². The fourth-order valence-electron chi connectivity index (χ4n) is 2.81. The molecule has 2 rings (SSSR count). The molecule has 0 fully saturated rings. The second-order valence-electron chi connectivity index (χ2n) is 5.53. The topological polar surface area (TPSA) is 3.24 Å². The van der Waals surface area contributed by atoms with Crippen LogP contribution < -0.4 is 4.90 Å². The van der Waals surface area contributed by atoms with Gasteiger partial charge in [-0.3, -0.25) is 0 Å². The van der Waals surface area contributed by atoms with Crippen molar-refractivity contribution in [2.24, 2.45) is 0 Å². The molecule has 0 bridgehead atoms. The smallest absolute Gasteiger partial charge is 0.0361 e. The van der Waals surface area contributed by atoms with Crippen molar-refractivity contribution in [1.82, 2.24) is 0 Å². The van der Waals surface area contributed by atoms with Crippen LogP contribution in [-0.4, -0.2) is 14.1 Å².